The number of nitrogens with zero attached hydrogens (tertiary/aromatic N) is 2. The quantitative estimate of drug-likeness (QED) is 0.798. The molecule has 0 aliphatic carbocycles. The highest BCUT2D eigenvalue weighted by atomic mass is 35.5. The summed E-state index contributed by atoms with van der Waals surface area (Å²) in [5.41, 5.74) is 1.70. The standard InChI is InChI=1S/C16H17ClN2O2/c1-11(2)10-19-16(21)13(9-15(17)20)8-14(18-19)12-6-4-3-5-7-12/h3-8,11H,9-10H2,1-2H3. The molecule has 2 rings (SSSR count). The van der Waals surface area contributed by atoms with Gasteiger partial charge in [0.2, 0.25) is 5.24 Å². The number of hydrogen-bond donors (Lipinski definition) is 0. The summed E-state index contributed by atoms with van der Waals surface area (Å²) >= 11 is 5.43. The van der Waals surface area contributed by atoms with Crippen LogP contribution in [0.3, 0.4) is 0 Å². The molecule has 1 heterocycles. The molecule has 0 aliphatic heterocycles. The lowest BCUT2D eigenvalue weighted by atomic mass is 10.1. The van der Waals surface area contributed by atoms with Crippen LogP contribution in [0.2, 0.25) is 0 Å². The highest BCUT2D eigenvalue weighted by Crippen LogP contribution is 2.16. The lowest BCUT2D eigenvalue weighted by molar-refractivity contribution is -0.111. The smallest absolute Gasteiger partial charge is 0.270 e. The molecule has 0 radical (unpaired) electrons. The number of halogens is 1. The molecule has 0 aliphatic rings. The minimum Gasteiger partial charge on any atom is -0.281 e. The number of carbonyl (C=O) groups is 1. The fourth-order valence-electron chi connectivity index (χ4n) is 2.09. The average Bonchev–Trinajstić information content (AvgIpc) is 2.43. The van der Waals surface area contributed by atoms with E-state index in [-0.39, 0.29) is 17.9 Å². The third-order valence-electron chi connectivity index (χ3n) is 2.99. The maximum atomic E-state index is 12.3. The molecule has 0 amide bonds. The molecule has 4 nitrogen and oxygen atoms in total. The summed E-state index contributed by atoms with van der Waals surface area (Å²) in [4.78, 5) is 23.5. The molecule has 1 aromatic carbocycles. The molecule has 0 fully saturated rings. The van der Waals surface area contributed by atoms with Gasteiger partial charge in [-0.25, -0.2) is 4.68 Å². The van der Waals surface area contributed by atoms with Gasteiger partial charge in [0.25, 0.3) is 5.56 Å². The Kier molecular flexibility index (Phi) is 4.91. The van der Waals surface area contributed by atoms with E-state index in [0.29, 0.717) is 17.8 Å². The SMILES string of the molecule is CC(C)Cn1nc(-c2ccccc2)cc(CC(=O)Cl)c1=O. The first-order valence-corrected chi connectivity index (χ1v) is 7.20. The van der Waals surface area contributed by atoms with Gasteiger partial charge in [-0.3, -0.25) is 9.59 Å². The van der Waals surface area contributed by atoms with Crippen LogP contribution in [0.15, 0.2) is 41.2 Å². The fourth-order valence-corrected chi connectivity index (χ4v) is 2.24. The molecule has 0 unspecified atom stereocenters. The van der Waals surface area contributed by atoms with Crippen molar-refractivity contribution in [1.82, 2.24) is 9.78 Å². The van der Waals surface area contributed by atoms with Gasteiger partial charge < -0.3 is 0 Å². The molecular formula is C16H17ClN2O2. The molecule has 0 saturated heterocycles. The fraction of sp³-hybridized carbons (Fsp3) is 0.312. The summed E-state index contributed by atoms with van der Waals surface area (Å²) in [5.74, 6) is 0.278. The van der Waals surface area contributed by atoms with Crippen LogP contribution in [0.4, 0.5) is 0 Å². The van der Waals surface area contributed by atoms with Crippen LogP contribution in [-0.2, 0) is 17.8 Å². The Balaban J connectivity index is 2.56. The summed E-state index contributed by atoms with van der Waals surface area (Å²) in [6.07, 6.45) is -0.0825. The van der Waals surface area contributed by atoms with Gasteiger partial charge in [-0.05, 0) is 23.6 Å². The molecule has 21 heavy (non-hydrogen) atoms. The number of hydrogen-bond acceptors (Lipinski definition) is 3. The first-order chi connectivity index (χ1) is 9.97. The summed E-state index contributed by atoms with van der Waals surface area (Å²) in [7, 11) is 0. The van der Waals surface area contributed by atoms with Crippen molar-refractivity contribution >= 4 is 16.8 Å². The molecule has 0 N–H and O–H groups in total. The van der Waals surface area contributed by atoms with Crippen molar-refractivity contribution in [3.8, 4) is 11.3 Å². The van der Waals surface area contributed by atoms with Crippen LogP contribution < -0.4 is 5.56 Å². The zero-order valence-corrected chi connectivity index (χ0v) is 12.8. The van der Waals surface area contributed by atoms with E-state index in [0.717, 1.165) is 5.56 Å². The monoisotopic (exact) mass is 304 g/mol. The molecule has 0 saturated carbocycles. The summed E-state index contributed by atoms with van der Waals surface area (Å²) in [5, 5.41) is 3.85. The zero-order valence-electron chi connectivity index (χ0n) is 12.0. The van der Waals surface area contributed by atoms with Crippen molar-refractivity contribution in [3.05, 3.63) is 52.3 Å². The Morgan fingerprint density at radius 2 is 1.95 bits per heavy atom. The third-order valence-corrected chi connectivity index (χ3v) is 3.12. The first kappa shape index (κ1) is 15.4. The van der Waals surface area contributed by atoms with Gasteiger partial charge >= 0.3 is 0 Å². The van der Waals surface area contributed by atoms with Crippen LogP contribution >= 0.6 is 11.6 Å². The summed E-state index contributed by atoms with van der Waals surface area (Å²) < 4.78 is 1.42. The Morgan fingerprint density at radius 3 is 2.52 bits per heavy atom. The van der Waals surface area contributed by atoms with E-state index < -0.39 is 5.24 Å². The molecule has 5 heteroatoms. The summed E-state index contributed by atoms with van der Waals surface area (Å²) in [6.45, 7) is 4.52. The third kappa shape index (κ3) is 4.02. The largest absolute Gasteiger partial charge is 0.281 e. The topological polar surface area (TPSA) is 52.0 Å². The van der Waals surface area contributed by atoms with Crippen LogP contribution in [0.25, 0.3) is 11.3 Å². The van der Waals surface area contributed by atoms with E-state index in [1.165, 1.54) is 4.68 Å². The van der Waals surface area contributed by atoms with Gasteiger partial charge in [-0.15, -0.1) is 0 Å². The van der Waals surface area contributed by atoms with Gasteiger partial charge in [0, 0.05) is 17.7 Å². The zero-order chi connectivity index (χ0) is 15.4. The van der Waals surface area contributed by atoms with Gasteiger partial charge in [-0.1, -0.05) is 44.2 Å². The van der Waals surface area contributed by atoms with Gasteiger partial charge in [0.15, 0.2) is 0 Å². The highest BCUT2D eigenvalue weighted by Gasteiger charge is 2.13. The van der Waals surface area contributed by atoms with Crippen molar-refractivity contribution in [2.75, 3.05) is 0 Å². The van der Waals surface area contributed by atoms with Crippen molar-refractivity contribution in [1.29, 1.82) is 0 Å². The van der Waals surface area contributed by atoms with E-state index in [1.807, 2.05) is 44.2 Å². The van der Waals surface area contributed by atoms with Crippen molar-refractivity contribution in [2.45, 2.75) is 26.8 Å². The Hall–Kier alpha value is -1.94. The lowest BCUT2D eigenvalue weighted by Crippen LogP contribution is -2.29. The maximum Gasteiger partial charge on any atom is 0.270 e. The predicted octanol–water partition coefficient (Wildman–Crippen LogP) is 2.87. The molecule has 110 valence electrons. The van der Waals surface area contributed by atoms with E-state index in [2.05, 4.69) is 5.10 Å². The Labute approximate surface area is 128 Å². The Bertz CT molecular complexity index is 693. The van der Waals surface area contributed by atoms with E-state index >= 15 is 0 Å². The number of benzene rings is 1. The van der Waals surface area contributed by atoms with E-state index in [9.17, 15) is 9.59 Å². The molecule has 2 aromatic rings. The second kappa shape index (κ2) is 6.68. The molecular weight excluding hydrogens is 288 g/mol. The Morgan fingerprint density at radius 1 is 1.29 bits per heavy atom. The van der Waals surface area contributed by atoms with Crippen LogP contribution in [0, 0.1) is 5.92 Å². The number of aromatic nitrogens is 2. The minimum absolute atomic E-state index is 0.0825. The molecule has 0 atom stereocenters. The van der Waals surface area contributed by atoms with Crippen molar-refractivity contribution < 1.29 is 4.79 Å². The number of rotatable bonds is 5. The second-order valence-electron chi connectivity index (χ2n) is 5.33. The average molecular weight is 305 g/mol. The molecule has 0 bridgehead atoms. The minimum atomic E-state index is -0.548. The van der Waals surface area contributed by atoms with Crippen LogP contribution in [0.1, 0.15) is 19.4 Å². The molecule has 0 spiro atoms. The second-order valence-corrected chi connectivity index (χ2v) is 5.76. The molecule has 1 aromatic heterocycles. The van der Waals surface area contributed by atoms with Crippen molar-refractivity contribution in [3.63, 3.8) is 0 Å². The summed E-state index contributed by atoms with van der Waals surface area (Å²) in [6, 6.07) is 11.2. The highest BCUT2D eigenvalue weighted by molar-refractivity contribution is 6.63. The van der Waals surface area contributed by atoms with Gasteiger partial charge in [-0.2, -0.15) is 5.10 Å². The van der Waals surface area contributed by atoms with Gasteiger partial charge in [0.1, 0.15) is 0 Å². The van der Waals surface area contributed by atoms with E-state index in [4.69, 9.17) is 11.6 Å². The van der Waals surface area contributed by atoms with Crippen molar-refractivity contribution in [2.24, 2.45) is 5.92 Å². The van der Waals surface area contributed by atoms with E-state index in [1.54, 1.807) is 6.07 Å². The van der Waals surface area contributed by atoms with Gasteiger partial charge in [0.05, 0.1) is 12.1 Å². The first-order valence-electron chi connectivity index (χ1n) is 6.82. The predicted molar refractivity (Wildman–Crippen MR) is 83.3 cm³/mol. The lowest BCUT2D eigenvalue weighted by Gasteiger charge is -2.11. The number of carbonyl (C=O) groups excluding carboxylic acids is 1. The van der Waals surface area contributed by atoms with Crippen LogP contribution in [-0.4, -0.2) is 15.0 Å². The van der Waals surface area contributed by atoms with Crippen LogP contribution in [0.5, 0.6) is 0 Å². The normalized spacial score (nSPS) is 10.9. The maximum absolute atomic E-state index is 12.3.